The molecule has 4 fully saturated rings. The fourth-order valence-electron chi connectivity index (χ4n) is 6.32. The van der Waals surface area contributed by atoms with E-state index in [9.17, 15) is 4.79 Å². The minimum Gasteiger partial charge on any atom is -0.370 e. The molecule has 3 heterocycles. The normalized spacial score (nSPS) is 35.7. The van der Waals surface area contributed by atoms with Gasteiger partial charge in [0.05, 0.1) is 18.1 Å². The average Bonchev–Trinajstić information content (AvgIpc) is 3.42. The summed E-state index contributed by atoms with van der Waals surface area (Å²) in [6, 6.07) is 8.95. The lowest BCUT2D eigenvalue weighted by Crippen LogP contribution is -2.42. The molecule has 1 aromatic rings. The molecule has 1 saturated carbocycles. The van der Waals surface area contributed by atoms with Crippen LogP contribution in [0.2, 0.25) is 0 Å². The molecule has 0 radical (unpaired) electrons. The Bertz CT molecular complexity index is 714. The third-order valence-corrected chi connectivity index (χ3v) is 7.80. The van der Waals surface area contributed by atoms with Gasteiger partial charge in [-0.1, -0.05) is 37.1 Å². The number of ether oxygens (including phenoxy) is 1. The minimum absolute atomic E-state index is 0.0959. The van der Waals surface area contributed by atoms with Gasteiger partial charge >= 0.3 is 0 Å². The first kappa shape index (κ1) is 17.7. The fraction of sp³-hybridized carbons (Fsp3) is 0.696. The number of nitrogens with zero attached hydrogens (tertiary/aromatic N) is 1. The standard InChI is InChI=1S/C23H32N2O2/c1-16-6-2-3-7-17(16)12-22(26)24-13-19-20-14-25(18-8-4-5-9-18)15-23(20)11-10-21(19)27-23/h2-3,6-7,18-21H,4-5,8-15H2,1H3,(H,24,26)/t19-,20+,21+,23+/m0/s1. The van der Waals surface area contributed by atoms with E-state index in [1.165, 1.54) is 50.6 Å². The molecule has 5 rings (SSSR count). The number of amides is 1. The van der Waals surface area contributed by atoms with Gasteiger partial charge in [-0.15, -0.1) is 0 Å². The van der Waals surface area contributed by atoms with Gasteiger partial charge in [-0.3, -0.25) is 9.69 Å². The highest BCUT2D eigenvalue weighted by Gasteiger charge is 2.63. The van der Waals surface area contributed by atoms with Crippen LogP contribution in [0.5, 0.6) is 0 Å². The van der Waals surface area contributed by atoms with E-state index in [1.807, 2.05) is 12.1 Å². The maximum atomic E-state index is 12.5. The number of hydrogen-bond donors (Lipinski definition) is 1. The molecule has 0 unspecified atom stereocenters. The average molecular weight is 369 g/mol. The second-order valence-corrected chi connectivity index (χ2v) is 9.31. The summed E-state index contributed by atoms with van der Waals surface area (Å²) in [7, 11) is 0. The molecule has 27 heavy (non-hydrogen) atoms. The van der Waals surface area contributed by atoms with Crippen molar-refractivity contribution in [3.63, 3.8) is 0 Å². The summed E-state index contributed by atoms with van der Waals surface area (Å²) in [5, 5.41) is 3.24. The van der Waals surface area contributed by atoms with E-state index in [-0.39, 0.29) is 11.5 Å². The minimum atomic E-state index is 0.0959. The van der Waals surface area contributed by atoms with Crippen molar-refractivity contribution < 1.29 is 9.53 Å². The zero-order chi connectivity index (χ0) is 18.4. The lowest BCUT2D eigenvalue weighted by molar-refractivity contribution is -0.120. The highest BCUT2D eigenvalue weighted by atomic mass is 16.5. The molecule has 1 amide bonds. The van der Waals surface area contributed by atoms with Crippen LogP contribution >= 0.6 is 0 Å². The van der Waals surface area contributed by atoms with Gasteiger partial charge in [0.25, 0.3) is 0 Å². The van der Waals surface area contributed by atoms with Gasteiger partial charge in [-0.05, 0) is 43.7 Å². The predicted octanol–water partition coefficient (Wildman–Crippen LogP) is 3.08. The maximum Gasteiger partial charge on any atom is 0.224 e. The van der Waals surface area contributed by atoms with E-state index in [0.717, 1.165) is 24.7 Å². The number of carbonyl (C=O) groups is 1. The molecule has 1 N–H and O–H groups in total. The van der Waals surface area contributed by atoms with Crippen LogP contribution in [-0.2, 0) is 16.0 Å². The van der Waals surface area contributed by atoms with Crippen LogP contribution in [0.4, 0.5) is 0 Å². The van der Waals surface area contributed by atoms with Crippen LogP contribution in [0, 0.1) is 18.8 Å². The molecule has 0 aromatic heterocycles. The smallest absolute Gasteiger partial charge is 0.224 e. The predicted molar refractivity (Wildman–Crippen MR) is 106 cm³/mol. The quantitative estimate of drug-likeness (QED) is 0.868. The molecule has 1 spiro atoms. The highest BCUT2D eigenvalue weighted by molar-refractivity contribution is 5.78. The monoisotopic (exact) mass is 368 g/mol. The Kier molecular flexibility index (Phi) is 4.52. The van der Waals surface area contributed by atoms with Crippen LogP contribution in [0.15, 0.2) is 24.3 Å². The Morgan fingerprint density at radius 3 is 2.89 bits per heavy atom. The van der Waals surface area contributed by atoms with Crippen molar-refractivity contribution in [1.82, 2.24) is 10.2 Å². The lowest BCUT2D eigenvalue weighted by Gasteiger charge is -2.29. The van der Waals surface area contributed by atoms with Crippen LogP contribution in [-0.4, -0.2) is 48.2 Å². The molecule has 4 nitrogen and oxygen atoms in total. The third kappa shape index (κ3) is 3.11. The first-order chi connectivity index (χ1) is 13.1. The van der Waals surface area contributed by atoms with E-state index < -0.39 is 0 Å². The van der Waals surface area contributed by atoms with Gasteiger partial charge in [0.2, 0.25) is 5.91 Å². The molecule has 2 bridgehead atoms. The van der Waals surface area contributed by atoms with Crippen LogP contribution in [0.25, 0.3) is 0 Å². The summed E-state index contributed by atoms with van der Waals surface area (Å²) in [5.41, 5.74) is 2.42. The summed E-state index contributed by atoms with van der Waals surface area (Å²) in [6.07, 6.45) is 8.75. The van der Waals surface area contributed by atoms with Crippen molar-refractivity contribution in [2.45, 2.75) is 69.6 Å². The Morgan fingerprint density at radius 1 is 1.26 bits per heavy atom. The molecular weight excluding hydrogens is 336 g/mol. The van der Waals surface area contributed by atoms with Crippen molar-refractivity contribution in [1.29, 1.82) is 0 Å². The number of aryl methyl sites for hydroxylation is 1. The Labute approximate surface area is 162 Å². The summed E-state index contributed by atoms with van der Waals surface area (Å²) in [5.74, 6) is 1.24. The van der Waals surface area contributed by atoms with Gasteiger partial charge in [-0.25, -0.2) is 0 Å². The molecule has 4 atom stereocenters. The SMILES string of the molecule is Cc1ccccc1CC(=O)NC[C@H]1[C@H]2CN(C3CCCC3)C[C@]23CC[C@H]1O3. The maximum absolute atomic E-state index is 12.5. The second-order valence-electron chi connectivity index (χ2n) is 9.31. The highest BCUT2D eigenvalue weighted by Crippen LogP contribution is 2.55. The van der Waals surface area contributed by atoms with Crippen LogP contribution < -0.4 is 5.32 Å². The van der Waals surface area contributed by atoms with Crippen molar-refractivity contribution in [3.8, 4) is 0 Å². The van der Waals surface area contributed by atoms with E-state index in [4.69, 9.17) is 4.74 Å². The van der Waals surface area contributed by atoms with Gasteiger partial charge in [0.1, 0.15) is 0 Å². The topological polar surface area (TPSA) is 41.6 Å². The molecule has 4 aliphatic rings. The number of carbonyl (C=O) groups excluding carboxylic acids is 1. The van der Waals surface area contributed by atoms with Crippen molar-refractivity contribution in [3.05, 3.63) is 35.4 Å². The molecule has 3 saturated heterocycles. The molecule has 1 aromatic carbocycles. The molecular formula is C23H32N2O2. The summed E-state index contributed by atoms with van der Waals surface area (Å²) < 4.78 is 6.56. The lowest BCUT2D eigenvalue weighted by atomic mass is 9.73. The molecule has 3 aliphatic heterocycles. The van der Waals surface area contributed by atoms with Crippen molar-refractivity contribution >= 4 is 5.91 Å². The number of fused-ring (bicyclic) bond motifs is 1. The zero-order valence-corrected chi connectivity index (χ0v) is 16.5. The second kappa shape index (κ2) is 6.89. The Morgan fingerprint density at radius 2 is 2.07 bits per heavy atom. The Hall–Kier alpha value is -1.39. The van der Waals surface area contributed by atoms with Crippen molar-refractivity contribution in [2.24, 2.45) is 11.8 Å². The summed E-state index contributed by atoms with van der Waals surface area (Å²) in [4.78, 5) is 15.3. The molecule has 4 heteroatoms. The fourth-order valence-corrected chi connectivity index (χ4v) is 6.32. The third-order valence-electron chi connectivity index (χ3n) is 7.80. The number of nitrogens with one attached hydrogen (secondary N) is 1. The van der Waals surface area contributed by atoms with Gasteiger partial charge in [0.15, 0.2) is 0 Å². The van der Waals surface area contributed by atoms with E-state index in [2.05, 4.69) is 29.3 Å². The zero-order valence-electron chi connectivity index (χ0n) is 16.5. The number of rotatable bonds is 5. The van der Waals surface area contributed by atoms with Crippen molar-refractivity contribution in [2.75, 3.05) is 19.6 Å². The molecule has 1 aliphatic carbocycles. The number of benzene rings is 1. The first-order valence-corrected chi connectivity index (χ1v) is 10.9. The number of likely N-dealkylation sites (tertiary alicyclic amines) is 1. The number of hydrogen-bond acceptors (Lipinski definition) is 3. The van der Waals surface area contributed by atoms with Gasteiger partial charge in [-0.2, -0.15) is 0 Å². The largest absolute Gasteiger partial charge is 0.370 e. The van der Waals surface area contributed by atoms with E-state index in [0.29, 0.717) is 24.4 Å². The van der Waals surface area contributed by atoms with E-state index in [1.54, 1.807) is 0 Å². The summed E-state index contributed by atoms with van der Waals surface area (Å²) in [6.45, 7) is 5.17. The van der Waals surface area contributed by atoms with Gasteiger partial charge < -0.3 is 10.1 Å². The van der Waals surface area contributed by atoms with Crippen LogP contribution in [0.3, 0.4) is 0 Å². The van der Waals surface area contributed by atoms with Gasteiger partial charge in [0, 0.05) is 37.5 Å². The first-order valence-electron chi connectivity index (χ1n) is 10.9. The molecule has 146 valence electrons. The van der Waals surface area contributed by atoms with Crippen LogP contribution in [0.1, 0.15) is 49.7 Å². The Balaban J connectivity index is 1.21. The van der Waals surface area contributed by atoms with E-state index >= 15 is 0 Å². The summed E-state index contributed by atoms with van der Waals surface area (Å²) >= 11 is 0.